The highest BCUT2D eigenvalue weighted by atomic mass is 32.2. The lowest BCUT2D eigenvalue weighted by Crippen LogP contribution is -2.47. The molecule has 7 nitrogen and oxygen atoms in total. The van der Waals surface area contributed by atoms with E-state index in [0.717, 1.165) is 29.5 Å². The lowest BCUT2D eigenvalue weighted by Gasteiger charge is -2.26. The van der Waals surface area contributed by atoms with Gasteiger partial charge in [0.05, 0.1) is 4.90 Å². The van der Waals surface area contributed by atoms with Gasteiger partial charge in [-0.15, -0.1) is 0 Å². The van der Waals surface area contributed by atoms with Crippen LogP contribution in [0.2, 0.25) is 0 Å². The number of rotatable bonds is 8. The van der Waals surface area contributed by atoms with E-state index in [9.17, 15) is 13.2 Å². The van der Waals surface area contributed by atoms with Crippen LogP contribution in [0.4, 0.5) is 5.69 Å². The van der Waals surface area contributed by atoms with Gasteiger partial charge in [-0.25, -0.2) is 8.42 Å². The van der Waals surface area contributed by atoms with Crippen LogP contribution in [0.3, 0.4) is 0 Å². The van der Waals surface area contributed by atoms with Crippen LogP contribution in [0.1, 0.15) is 48.5 Å². The Morgan fingerprint density at radius 3 is 2.27 bits per heavy atom. The average molecular weight is 475 g/mol. The Labute approximate surface area is 196 Å². The van der Waals surface area contributed by atoms with Gasteiger partial charge >= 0.3 is 5.97 Å². The number of nitrogens with one attached hydrogen (secondary N) is 1. The van der Waals surface area contributed by atoms with Gasteiger partial charge in [-0.1, -0.05) is 13.8 Å². The van der Waals surface area contributed by atoms with Gasteiger partial charge in [0.15, 0.2) is 0 Å². The number of carbonyl (C=O) groups excluding carboxylic acids is 1. The highest BCUT2D eigenvalue weighted by Gasteiger charge is 2.32. The van der Waals surface area contributed by atoms with Crippen molar-refractivity contribution >= 4 is 43.6 Å². The molecule has 0 aliphatic heterocycles. The molecule has 0 aliphatic carbocycles. The smallest absolute Gasteiger partial charge is 0.324 e. The fraction of sp³-hybridized carbons (Fsp3) is 0.480. The highest BCUT2D eigenvalue weighted by Crippen LogP contribution is 2.33. The Morgan fingerprint density at radius 1 is 1.03 bits per heavy atom. The lowest BCUT2D eigenvalue weighted by atomic mass is 10.1. The number of esters is 1. The molecule has 8 heteroatoms. The molecular formula is C25H34N2O5S. The van der Waals surface area contributed by atoms with Crippen LogP contribution in [0.15, 0.2) is 45.7 Å². The Hall–Kier alpha value is -2.58. The summed E-state index contributed by atoms with van der Waals surface area (Å²) in [6.07, 6.45) is 0. The van der Waals surface area contributed by atoms with Crippen molar-refractivity contribution in [2.45, 2.75) is 65.0 Å². The summed E-state index contributed by atoms with van der Waals surface area (Å²) in [7, 11) is -3.98. The van der Waals surface area contributed by atoms with Crippen LogP contribution in [-0.2, 0) is 19.6 Å². The van der Waals surface area contributed by atoms with Gasteiger partial charge in [-0.2, -0.15) is 4.72 Å². The zero-order chi connectivity index (χ0) is 24.6. The molecule has 3 rings (SSSR count). The molecule has 2 aromatic carbocycles. The third-order valence-electron chi connectivity index (χ3n) is 5.47. The normalized spacial score (nSPS) is 13.6. The van der Waals surface area contributed by atoms with Crippen LogP contribution in [0, 0.1) is 5.92 Å². The monoisotopic (exact) mass is 474 g/mol. The fourth-order valence-corrected chi connectivity index (χ4v) is 5.10. The molecular weight excluding hydrogens is 440 g/mol. The first-order chi connectivity index (χ1) is 15.4. The summed E-state index contributed by atoms with van der Waals surface area (Å²) in [6.45, 7) is 14.8. The summed E-state index contributed by atoms with van der Waals surface area (Å²) in [4.78, 5) is 14.9. The summed E-state index contributed by atoms with van der Waals surface area (Å²) in [6, 6.07) is 9.77. The Morgan fingerprint density at radius 2 is 1.70 bits per heavy atom. The summed E-state index contributed by atoms with van der Waals surface area (Å²) in [5.74, 6) is -0.891. The molecule has 0 spiro atoms. The maximum Gasteiger partial charge on any atom is 0.324 e. The van der Waals surface area contributed by atoms with Crippen molar-refractivity contribution in [3.05, 3.63) is 36.4 Å². The minimum atomic E-state index is -3.98. The second kappa shape index (κ2) is 9.35. The van der Waals surface area contributed by atoms with Crippen molar-refractivity contribution in [3.63, 3.8) is 0 Å². The Bertz CT molecular complexity index is 1250. The van der Waals surface area contributed by atoms with Crippen molar-refractivity contribution in [1.29, 1.82) is 0 Å². The minimum Gasteiger partial charge on any atom is -0.459 e. The Kier molecular flexibility index (Phi) is 7.10. The zero-order valence-electron chi connectivity index (χ0n) is 20.4. The number of furan rings is 1. The van der Waals surface area contributed by atoms with Crippen molar-refractivity contribution in [2.24, 2.45) is 5.92 Å². The van der Waals surface area contributed by atoms with E-state index in [0.29, 0.717) is 11.2 Å². The topological polar surface area (TPSA) is 88.9 Å². The molecule has 1 heterocycles. The maximum atomic E-state index is 13.1. The number of anilines is 1. The van der Waals surface area contributed by atoms with Gasteiger partial charge in [-0.05, 0) is 70.9 Å². The van der Waals surface area contributed by atoms with Gasteiger partial charge in [0.1, 0.15) is 22.8 Å². The molecule has 0 saturated carbocycles. The van der Waals surface area contributed by atoms with Crippen molar-refractivity contribution < 1.29 is 22.4 Å². The zero-order valence-corrected chi connectivity index (χ0v) is 21.2. The van der Waals surface area contributed by atoms with Crippen LogP contribution < -0.4 is 9.62 Å². The van der Waals surface area contributed by atoms with Crippen molar-refractivity contribution in [2.75, 3.05) is 18.0 Å². The van der Waals surface area contributed by atoms with E-state index in [1.807, 2.05) is 12.1 Å². The molecule has 0 saturated heterocycles. The summed E-state index contributed by atoms with van der Waals surface area (Å²) >= 11 is 0. The molecule has 1 aromatic heterocycles. The SMILES string of the molecule is CCN(CC)c1ccc2oc3cc(S(=O)(=O)NC(C(=O)OC(C)(C)C)C(C)C)ccc3c2c1. The largest absolute Gasteiger partial charge is 0.459 e. The third kappa shape index (κ3) is 5.50. The minimum absolute atomic E-state index is 0.0345. The maximum absolute atomic E-state index is 13.1. The number of hydrogen-bond donors (Lipinski definition) is 1. The van der Waals surface area contributed by atoms with Crippen molar-refractivity contribution in [1.82, 2.24) is 4.72 Å². The van der Waals surface area contributed by atoms with Gasteiger partial charge in [0, 0.05) is 35.6 Å². The van der Waals surface area contributed by atoms with E-state index in [2.05, 4.69) is 29.5 Å². The second-order valence-corrected chi connectivity index (χ2v) is 11.2. The Balaban J connectivity index is 1.97. The summed E-state index contributed by atoms with van der Waals surface area (Å²) in [5, 5.41) is 1.77. The number of sulfonamides is 1. The number of ether oxygens (including phenoxy) is 1. The van der Waals surface area contributed by atoms with Gasteiger partial charge in [0.25, 0.3) is 0 Å². The van der Waals surface area contributed by atoms with E-state index >= 15 is 0 Å². The van der Waals surface area contributed by atoms with Crippen molar-refractivity contribution in [3.8, 4) is 0 Å². The van der Waals surface area contributed by atoms with E-state index in [-0.39, 0.29) is 10.8 Å². The molecule has 1 N–H and O–H groups in total. The number of hydrogen-bond acceptors (Lipinski definition) is 6. The lowest BCUT2D eigenvalue weighted by molar-refractivity contribution is -0.158. The van der Waals surface area contributed by atoms with Gasteiger partial charge < -0.3 is 14.1 Å². The molecule has 180 valence electrons. The fourth-order valence-electron chi connectivity index (χ4n) is 3.75. The van der Waals surface area contributed by atoms with E-state index in [1.54, 1.807) is 40.7 Å². The standard InChI is InChI=1S/C25H34N2O5S/c1-8-27(9-2)17-10-13-21-20(14-17)19-12-11-18(15-22(19)31-21)33(29,30)26-23(16(3)4)24(28)32-25(5,6)7/h10-16,23,26H,8-9H2,1-7H3. The molecule has 0 radical (unpaired) electrons. The third-order valence-corrected chi connectivity index (χ3v) is 6.91. The first kappa shape index (κ1) is 25.1. The van der Waals surface area contributed by atoms with Crippen LogP contribution in [0.5, 0.6) is 0 Å². The second-order valence-electron chi connectivity index (χ2n) is 9.49. The van der Waals surface area contributed by atoms with Gasteiger partial charge in [0.2, 0.25) is 10.0 Å². The van der Waals surface area contributed by atoms with E-state index < -0.39 is 27.6 Å². The van der Waals surface area contributed by atoms with Crippen LogP contribution >= 0.6 is 0 Å². The molecule has 1 atom stereocenters. The molecule has 3 aromatic rings. The molecule has 0 bridgehead atoms. The quantitative estimate of drug-likeness (QED) is 0.458. The van der Waals surface area contributed by atoms with Gasteiger partial charge in [-0.3, -0.25) is 4.79 Å². The first-order valence-corrected chi connectivity index (χ1v) is 12.8. The molecule has 0 aliphatic rings. The van der Waals surface area contributed by atoms with E-state index in [4.69, 9.17) is 9.15 Å². The number of fused-ring (bicyclic) bond motifs is 3. The molecule has 33 heavy (non-hydrogen) atoms. The molecule has 0 fully saturated rings. The number of benzene rings is 2. The first-order valence-electron chi connectivity index (χ1n) is 11.3. The van der Waals surface area contributed by atoms with Crippen LogP contribution in [-0.4, -0.2) is 39.1 Å². The predicted octanol–water partition coefficient (Wildman–Crippen LogP) is 5.08. The highest BCUT2D eigenvalue weighted by molar-refractivity contribution is 7.89. The predicted molar refractivity (Wildman–Crippen MR) is 132 cm³/mol. The molecule has 0 amide bonds. The number of nitrogens with zero attached hydrogens (tertiary/aromatic N) is 1. The number of carbonyl (C=O) groups is 1. The summed E-state index contributed by atoms with van der Waals surface area (Å²) in [5.41, 5.74) is 1.54. The van der Waals surface area contributed by atoms with E-state index in [1.165, 1.54) is 12.1 Å². The molecule has 1 unspecified atom stereocenters. The van der Waals surface area contributed by atoms with Crippen LogP contribution in [0.25, 0.3) is 21.9 Å². The average Bonchev–Trinajstić information content (AvgIpc) is 3.08. The summed E-state index contributed by atoms with van der Waals surface area (Å²) < 4.78 is 40.1.